The molecule has 8 heteroatoms. The highest BCUT2D eigenvalue weighted by atomic mass is 35.5. The number of aromatic nitrogens is 2. The maximum Gasteiger partial charge on any atom is 0.326 e. The summed E-state index contributed by atoms with van der Waals surface area (Å²) in [7, 11) is 3.75. The van der Waals surface area contributed by atoms with E-state index >= 15 is 0 Å². The van der Waals surface area contributed by atoms with Crippen molar-refractivity contribution in [1.82, 2.24) is 14.9 Å². The van der Waals surface area contributed by atoms with Crippen molar-refractivity contribution >= 4 is 34.3 Å². The van der Waals surface area contributed by atoms with Crippen LogP contribution in [0.15, 0.2) is 20.6 Å². The van der Waals surface area contributed by atoms with E-state index in [1.807, 2.05) is 19.0 Å². The second kappa shape index (κ2) is 6.87. The molecule has 1 aromatic heterocycles. The van der Waals surface area contributed by atoms with E-state index in [0.29, 0.717) is 33.1 Å². The van der Waals surface area contributed by atoms with E-state index < -0.39 is 17.4 Å². The zero-order valence-electron chi connectivity index (χ0n) is 12.6. The standard InChI is InChI=1S/C14H18ClN3O3S/c1-7-4-9-11(16-14(21)17-13(9)20)12(10(7)15)22-6-8(19)5-18(2)3/h4,8,19H,5-6H2,1-3H3,(H2,16,17,20,21)/t8-/m1/s1. The molecule has 0 radical (unpaired) electrons. The largest absolute Gasteiger partial charge is 0.391 e. The number of aryl methyl sites for hydroxylation is 1. The van der Waals surface area contributed by atoms with E-state index in [4.69, 9.17) is 11.6 Å². The van der Waals surface area contributed by atoms with Gasteiger partial charge in [0.1, 0.15) is 0 Å². The third-order valence-electron chi connectivity index (χ3n) is 3.11. The highest BCUT2D eigenvalue weighted by Crippen LogP contribution is 2.35. The van der Waals surface area contributed by atoms with Gasteiger partial charge in [-0.2, -0.15) is 0 Å². The number of rotatable bonds is 5. The number of benzene rings is 1. The number of aliphatic hydroxyl groups excluding tert-OH is 1. The Morgan fingerprint density at radius 3 is 2.68 bits per heavy atom. The van der Waals surface area contributed by atoms with Crippen molar-refractivity contribution in [2.75, 3.05) is 26.4 Å². The molecule has 0 fully saturated rings. The SMILES string of the molecule is Cc1cc2c(=O)[nH]c(=O)[nH]c2c(SC[C@H](O)CN(C)C)c1Cl. The summed E-state index contributed by atoms with van der Waals surface area (Å²) in [6, 6.07) is 1.65. The predicted molar refractivity (Wildman–Crippen MR) is 90.2 cm³/mol. The van der Waals surface area contributed by atoms with Gasteiger partial charge >= 0.3 is 5.69 Å². The maximum absolute atomic E-state index is 11.9. The van der Waals surface area contributed by atoms with Crippen molar-refractivity contribution in [2.45, 2.75) is 17.9 Å². The van der Waals surface area contributed by atoms with Crippen LogP contribution in [0.4, 0.5) is 0 Å². The highest BCUT2D eigenvalue weighted by Gasteiger charge is 2.15. The number of hydrogen-bond acceptors (Lipinski definition) is 5. The van der Waals surface area contributed by atoms with Crippen molar-refractivity contribution in [2.24, 2.45) is 0 Å². The summed E-state index contributed by atoms with van der Waals surface area (Å²) in [6.45, 7) is 2.32. The van der Waals surface area contributed by atoms with Gasteiger partial charge in [-0.25, -0.2) is 4.79 Å². The molecule has 1 heterocycles. The number of nitrogens with one attached hydrogen (secondary N) is 2. The van der Waals surface area contributed by atoms with Crippen molar-refractivity contribution in [3.8, 4) is 0 Å². The molecule has 0 spiro atoms. The van der Waals surface area contributed by atoms with Gasteiger partial charge in [0.05, 0.1) is 26.9 Å². The molecule has 2 aromatic rings. The van der Waals surface area contributed by atoms with Crippen LogP contribution < -0.4 is 11.2 Å². The molecular formula is C14H18ClN3O3S. The molecule has 0 aliphatic carbocycles. The third-order valence-corrected chi connectivity index (χ3v) is 4.96. The molecule has 6 nitrogen and oxygen atoms in total. The Morgan fingerprint density at radius 1 is 1.36 bits per heavy atom. The Morgan fingerprint density at radius 2 is 2.05 bits per heavy atom. The van der Waals surface area contributed by atoms with Gasteiger partial charge in [-0.1, -0.05) is 11.6 Å². The monoisotopic (exact) mass is 343 g/mol. The lowest BCUT2D eigenvalue weighted by Crippen LogP contribution is -2.27. The van der Waals surface area contributed by atoms with Crippen LogP contribution >= 0.6 is 23.4 Å². The highest BCUT2D eigenvalue weighted by molar-refractivity contribution is 7.99. The number of thioether (sulfide) groups is 1. The summed E-state index contributed by atoms with van der Waals surface area (Å²) in [6.07, 6.45) is -0.541. The van der Waals surface area contributed by atoms with Crippen LogP contribution in [0, 0.1) is 6.92 Å². The van der Waals surface area contributed by atoms with Gasteiger partial charge in [0, 0.05) is 12.3 Å². The topological polar surface area (TPSA) is 89.2 Å². The minimum absolute atomic E-state index is 0.381. The number of aliphatic hydroxyl groups is 1. The quantitative estimate of drug-likeness (QED) is 0.710. The van der Waals surface area contributed by atoms with Gasteiger partial charge in [0.2, 0.25) is 0 Å². The van der Waals surface area contributed by atoms with E-state index in [1.54, 1.807) is 13.0 Å². The summed E-state index contributed by atoms with van der Waals surface area (Å²) in [5.41, 5.74) is 0.130. The van der Waals surface area contributed by atoms with Gasteiger partial charge in [-0.3, -0.25) is 9.78 Å². The second-order valence-corrected chi connectivity index (χ2v) is 6.80. The molecule has 3 N–H and O–H groups in total. The first-order chi connectivity index (χ1) is 10.3. The van der Waals surface area contributed by atoms with E-state index in [2.05, 4.69) is 9.97 Å². The molecule has 120 valence electrons. The van der Waals surface area contributed by atoms with Crippen LogP contribution in [0.2, 0.25) is 5.02 Å². The fourth-order valence-electron chi connectivity index (χ4n) is 2.17. The molecule has 2 rings (SSSR count). The Balaban J connectivity index is 2.45. The first-order valence-corrected chi connectivity index (χ1v) is 8.07. The normalized spacial score (nSPS) is 13.0. The molecule has 0 saturated carbocycles. The predicted octanol–water partition coefficient (Wildman–Crippen LogP) is 1.19. The summed E-state index contributed by atoms with van der Waals surface area (Å²) < 4.78 is 0. The number of fused-ring (bicyclic) bond motifs is 1. The first kappa shape index (κ1) is 17.1. The molecule has 0 aliphatic heterocycles. The molecule has 1 atom stereocenters. The zero-order chi connectivity index (χ0) is 16.4. The summed E-state index contributed by atoms with van der Waals surface area (Å²) in [4.78, 5) is 30.7. The molecule has 0 bridgehead atoms. The Hall–Kier alpha value is -1.28. The smallest absolute Gasteiger partial charge is 0.326 e. The van der Waals surface area contributed by atoms with Crippen LogP contribution in [-0.4, -0.2) is 52.5 Å². The number of nitrogens with zero attached hydrogens (tertiary/aromatic N) is 1. The zero-order valence-corrected chi connectivity index (χ0v) is 14.1. The minimum atomic E-state index is -0.576. The number of H-pyrrole nitrogens is 2. The van der Waals surface area contributed by atoms with E-state index in [0.717, 1.165) is 5.56 Å². The molecule has 0 amide bonds. The first-order valence-electron chi connectivity index (χ1n) is 6.70. The summed E-state index contributed by atoms with van der Waals surface area (Å²) in [5.74, 6) is 0.408. The number of aromatic amines is 2. The minimum Gasteiger partial charge on any atom is -0.391 e. The molecule has 0 aliphatic rings. The Kier molecular flexibility index (Phi) is 5.33. The van der Waals surface area contributed by atoms with Gasteiger partial charge in [-0.05, 0) is 32.6 Å². The number of hydrogen-bond donors (Lipinski definition) is 3. The van der Waals surface area contributed by atoms with Gasteiger partial charge in [0.25, 0.3) is 5.56 Å². The lowest BCUT2D eigenvalue weighted by Gasteiger charge is -2.16. The van der Waals surface area contributed by atoms with Gasteiger partial charge < -0.3 is 15.0 Å². The molecule has 0 unspecified atom stereocenters. The average molecular weight is 344 g/mol. The van der Waals surface area contributed by atoms with Crippen LogP contribution in [-0.2, 0) is 0 Å². The van der Waals surface area contributed by atoms with Crippen molar-refractivity contribution in [3.63, 3.8) is 0 Å². The molecule has 0 saturated heterocycles. The third kappa shape index (κ3) is 3.73. The van der Waals surface area contributed by atoms with E-state index in [9.17, 15) is 14.7 Å². The summed E-state index contributed by atoms with van der Waals surface area (Å²) >= 11 is 7.65. The van der Waals surface area contributed by atoms with Crippen LogP contribution in [0.25, 0.3) is 10.9 Å². The molecule has 22 heavy (non-hydrogen) atoms. The second-order valence-electron chi connectivity index (χ2n) is 5.39. The number of likely N-dealkylation sites (N-methyl/N-ethyl adjacent to an activating group) is 1. The van der Waals surface area contributed by atoms with Crippen molar-refractivity contribution in [1.29, 1.82) is 0 Å². The lowest BCUT2D eigenvalue weighted by atomic mass is 10.1. The van der Waals surface area contributed by atoms with E-state index in [1.165, 1.54) is 11.8 Å². The Bertz CT molecular complexity index is 800. The fourth-order valence-corrected chi connectivity index (χ4v) is 3.54. The molecule has 1 aromatic carbocycles. The van der Waals surface area contributed by atoms with Crippen LogP contribution in [0.3, 0.4) is 0 Å². The van der Waals surface area contributed by atoms with Crippen molar-refractivity contribution < 1.29 is 5.11 Å². The lowest BCUT2D eigenvalue weighted by molar-refractivity contribution is 0.158. The van der Waals surface area contributed by atoms with E-state index in [-0.39, 0.29) is 0 Å². The number of halogens is 1. The van der Waals surface area contributed by atoms with Crippen molar-refractivity contribution in [3.05, 3.63) is 37.5 Å². The Labute approximate surface area is 136 Å². The maximum atomic E-state index is 11.9. The average Bonchev–Trinajstić information content (AvgIpc) is 2.40. The van der Waals surface area contributed by atoms with Gasteiger partial charge in [0.15, 0.2) is 0 Å². The van der Waals surface area contributed by atoms with Crippen LogP contribution in [0.1, 0.15) is 5.56 Å². The molecular weight excluding hydrogens is 326 g/mol. The van der Waals surface area contributed by atoms with Gasteiger partial charge in [-0.15, -0.1) is 11.8 Å². The fraction of sp³-hybridized carbons (Fsp3) is 0.429. The summed E-state index contributed by atoms with van der Waals surface area (Å²) in [5, 5.41) is 10.8. The van der Waals surface area contributed by atoms with Crippen LogP contribution in [0.5, 0.6) is 0 Å².